The van der Waals surface area contributed by atoms with Gasteiger partial charge in [-0.2, -0.15) is 0 Å². The summed E-state index contributed by atoms with van der Waals surface area (Å²) in [4.78, 5) is 13.8. The predicted molar refractivity (Wildman–Crippen MR) is 73.8 cm³/mol. The van der Waals surface area contributed by atoms with Crippen molar-refractivity contribution in [3.8, 4) is 0 Å². The lowest BCUT2D eigenvalue weighted by Crippen LogP contribution is -2.48. The van der Waals surface area contributed by atoms with E-state index in [9.17, 15) is 13.2 Å². The van der Waals surface area contributed by atoms with Crippen LogP contribution in [0.1, 0.15) is 20.3 Å². The molecule has 6 nitrogen and oxygen atoms in total. The smallest absolute Gasteiger partial charge is 0.224 e. The lowest BCUT2D eigenvalue weighted by Gasteiger charge is -2.27. The summed E-state index contributed by atoms with van der Waals surface area (Å²) in [5.74, 6) is 0.207. The Balaban J connectivity index is 2.43. The number of hydrogen-bond donors (Lipinski definition) is 1. The topological polar surface area (TPSA) is 75.7 Å². The quantitative estimate of drug-likeness (QED) is 0.649. The Bertz CT molecular complexity index is 383. The van der Waals surface area contributed by atoms with Crippen molar-refractivity contribution in [2.45, 2.75) is 26.3 Å². The average molecular weight is 292 g/mol. The molecule has 0 aromatic carbocycles. The molecular formula is C12H24N2O4S. The van der Waals surface area contributed by atoms with Crippen molar-refractivity contribution in [2.24, 2.45) is 0 Å². The number of nitrogens with zero attached hydrogens (tertiary/aromatic N) is 1. The lowest BCUT2D eigenvalue weighted by molar-refractivity contribution is -0.132. The molecule has 0 radical (unpaired) electrons. The third kappa shape index (κ3) is 5.88. The number of carbonyl (C=O) groups excluding carboxylic acids is 1. The fraction of sp³-hybridized carbons (Fsp3) is 0.917. The molecule has 1 aliphatic heterocycles. The van der Waals surface area contributed by atoms with Gasteiger partial charge in [0, 0.05) is 38.7 Å². The van der Waals surface area contributed by atoms with Gasteiger partial charge in [0.1, 0.15) is 0 Å². The van der Waals surface area contributed by atoms with Gasteiger partial charge in [0.2, 0.25) is 5.91 Å². The van der Waals surface area contributed by atoms with Gasteiger partial charge >= 0.3 is 0 Å². The molecule has 1 atom stereocenters. The summed E-state index contributed by atoms with van der Waals surface area (Å²) in [6.45, 7) is 6.59. The number of hydrogen-bond acceptors (Lipinski definition) is 5. The van der Waals surface area contributed by atoms with Crippen LogP contribution in [0.15, 0.2) is 0 Å². The molecule has 1 heterocycles. The van der Waals surface area contributed by atoms with Crippen LogP contribution >= 0.6 is 0 Å². The normalized spacial score (nSPS) is 22.1. The van der Waals surface area contributed by atoms with Gasteiger partial charge in [0.05, 0.1) is 18.1 Å². The zero-order chi connectivity index (χ0) is 14.3. The highest BCUT2D eigenvalue weighted by Gasteiger charge is 2.27. The predicted octanol–water partition coefficient (Wildman–Crippen LogP) is -0.352. The average Bonchev–Trinajstić information content (AvgIpc) is 2.33. The minimum Gasteiger partial charge on any atom is -0.380 e. The van der Waals surface area contributed by atoms with E-state index in [0.29, 0.717) is 32.8 Å². The maximum atomic E-state index is 12.1. The van der Waals surface area contributed by atoms with Gasteiger partial charge < -0.3 is 15.0 Å². The van der Waals surface area contributed by atoms with Crippen LogP contribution in [0.25, 0.3) is 0 Å². The van der Waals surface area contributed by atoms with Crippen LogP contribution in [0.4, 0.5) is 0 Å². The maximum absolute atomic E-state index is 12.1. The maximum Gasteiger partial charge on any atom is 0.224 e. The molecule has 1 rings (SSSR count). The first-order valence-corrected chi connectivity index (χ1v) is 8.60. The first-order valence-electron chi connectivity index (χ1n) is 6.77. The Kier molecular flexibility index (Phi) is 6.74. The van der Waals surface area contributed by atoms with Gasteiger partial charge in [-0.3, -0.25) is 4.79 Å². The summed E-state index contributed by atoms with van der Waals surface area (Å²) in [6, 6.07) is -0.257. The second-order valence-corrected chi connectivity index (χ2v) is 6.87. The number of likely N-dealkylation sites (N-methyl/N-ethyl adjacent to an activating group) is 1. The zero-order valence-electron chi connectivity index (χ0n) is 11.7. The monoisotopic (exact) mass is 292 g/mol. The molecule has 7 heteroatoms. The van der Waals surface area contributed by atoms with Gasteiger partial charge in [-0.25, -0.2) is 8.42 Å². The van der Waals surface area contributed by atoms with Crippen LogP contribution in [0.5, 0.6) is 0 Å². The number of amides is 1. The summed E-state index contributed by atoms with van der Waals surface area (Å²) < 4.78 is 28.2. The molecule has 0 aromatic heterocycles. The Morgan fingerprint density at radius 1 is 1.42 bits per heavy atom. The fourth-order valence-electron chi connectivity index (χ4n) is 2.12. The second-order valence-electron chi connectivity index (χ2n) is 4.64. The third-order valence-corrected chi connectivity index (χ3v) is 4.90. The summed E-state index contributed by atoms with van der Waals surface area (Å²) in [6.07, 6.45) is 0.235. The van der Waals surface area contributed by atoms with Crippen molar-refractivity contribution in [2.75, 3.05) is 44.4 Å². The molecule has 0 bridgehead atoms. The lowest BCUT2D eigenvalue weighted by atomic mass is 10.2. The van der Waals surface area contributed by atoms with E-state index in [4.69, 9.17) is 4.74 Å². The number of ether oxygens (including phenoxy) is 1. The van der Waals surface area contributed by atoms with Gasteiger partial charge in [-0.15, -0.1) is 0 Å². The highest BCUT2D eigenvalue weighted by Crippen LogP contribution is 2.07. The van der Waals surface area contributed by atoms with Gasteiger partial charge in [-0.1, -0.05) is 0 Å². The molecule has 0 aliphatic carbocycles. The molecule has 0 saturated carbocycles. The van der Waals surface area contributed by atoms with Crippen LogP contribution in [-0.2, 0) is 19.4 Å². The van der Waals surface area contributed by atoms with Crippen molar-refractivity contribution in [3.63, 3.8) is 0 Å². The minimum atomic E-state index is -2.99. The molecule has 1 unspecified atom stereocenters. The van der Waals surface area contributed by atoms with E-state index in [-0.39, 0.29) is 29.9 Å². The summed E-state index contributed by atoms with van der Waals surface area (Å²) >= 11 is 0. The molecular weight excluding hydrogens is 268 g/mol. The molecule has 0 spiro atoms. The number of sulfone groups is 1. The van der Waals surface area contributed by atoms with E-state index in [2.05, 4.69) is 5.32 Å². The second kappa shape index (κ2) is 7.81. The van der Waals surface area contributed by atoms with Crippen molar-refractivity contribution in [1.29, 1.82) is 0 Å². The van der Waals surface area contributed by atoms with Crippen LogP contribution in [0.3, 0.4) is 0 Å². The van der Waals surface area contributed by atoms with E-state index in [0.717, 1.165) is 0 Å². The largest absolute Gasteiger partial charge is 0.380 e. The highest BCUT2D eigenvalue weighted by atomic mass is 32.2. The standard InChI is InChI=1S/C12H24N2O4S/c1-3-14(6-7-18-4-2)12(15)9-11-10-19(16,17)8-5-13-11/h11,13H,3-10H2,1-2H3. The van der Waals surface area contributed by atoms with E-state index in [1.54, 1.807) is 4.90 Å². The van der Waals surface area contributed by atoms with Gasteiger partial charge in [0.15, 0.2) is 9.84 Å². The third-order valence-electron chi connectivity index (χ3n) is 3.17. The van der Waals surface area contributed by atoms with Crippen molar-refractivity contribution in [1.82, 2.24) is 10.2 Å². The van der Waals surface area contributed by atoms with E-state index < -0.39 is 9.84 Å². The van der Waals surface area contributed by atoms with Crippen molar-refractivity contribution in [3.05, 3.63) is 0 Å². The molecule has 1 fully saturated rings. The van der Waals surface area contributed by atoms with Crippen LogP contribution in [-0.4, -0.2) is 69.6 Å². The minimum absolute atomic E-state index is 0.0168. The number of carbonyl (C=O) groups is 1. The van der Waals surface area contributed by atoms with E-state index in [1.165, 1.54) is 0 Å². The molecule has 0 aromatic rings. The van der Waals surface area contributed by atoms with Crippen LogP contribution in [0.2, 0.25) is 0 Å². The Morgan fingerprint density at radius 2 is 2.16 bits per heavy atom. The summed E-state index contributed by atoms with van der Waals surface area (Å²) in [7, 11) is -2.99. The number of nitrogens with one attached hydrogen (secondary N) is 1. The highest BCUT2D eigenvalue weighted by molar-refractivity contribution is 7.91. The van der Waals surface area contributed by atoms with Gasteiger partial charge in [-0.05, 0) is 13.8 Å². The molecule has 112 valence electrons. The van der Waals surface area contributed by atoms with Gasteiger partial charge in [0.25, 0.3) is 0 Å². The van der Waals surface area contributed by atoms with Crippen LogP contribution in [0, 0.1) is 0 Å². The molecule has 1 aliphatic rings. The molecule has 1 amide bonds. The first kappa shape index (κ1) is 16.4. The fourth-order valence-corrected chi connectivity index (χ4v) is 3.56. The van der Waals surface area contributed by atoms with Crippen molar-refractivity contribution < 1.29 is 17.9 Å². The summed E-state index contributed by atoms with van der Waals surface area (Å²) in [5.41, 5.74) is 0. The zero-order valence-corrected chi connectivity index (χ0v) is 12.5. The molecule has 1 saturated heterocycles. The Labute approximate surface area is 115 Å². The van der Waals surface area contributed by atoms with E-state index >= 15 is 0 Å². The first-order chi connectivity index (χ1) is 8.98. The van der Waals surface area contributed by atoms with Crippen LogP contribution < -0.4 is 5.32 Å². The molecule has 1 N–H and O–H groups in total. The Morgan fingerprint density at radius 3 is 2.74 bits per heavy atom. The number of rotatable bonds is 7. The SMILES string of the molecule is CCOCCN(CC)C(=O)CC1CS(=O)(=O)CCN1. The van der Waals surface area contributed by atoms with Crippen molar-refractivity contribution >= 4 is 15.7 Å². The summed E-state index contributed by atoms with van der Waals surface area (Å²) in [5, 5.41) is 3.09. The van der Waals surface area contributed by atoms with E-state index in [1.807, 2.05) is 13.8 Å². The Hall–Kier alpha value is -0.660. The molecule has 19 heavy (non-hydrogen) atoms.